The second-order valence-corrected chi connectivity index (χ2v) is 7.06. The first-order chi connectivity index (χ1) is 11.2. The van der Waals surface area contributed by atoms with E-state index in [1.165, 1.54) is 6.26 Å². The minimum atomic E-state index is -1.26. The number of hydrogen-bond donors (Lipinski definition) is 2. The molecular formula is C19H25NO4. The third kappa shape index (κ3) is 4.61. The highest BCUT2D eigenvalue weighted by Gasteiger charge is 2.27. The zero-order chi connectivity index (χ0) is 17.8. The highest BCUT2D eigenvalue weighted by atomic mass is 16.5. The van der Waals surface area contributed by atoms with Crippen LogP contribution in [0.25, 0.3) is 0 Å². The quantitative estimate of drug-likeness (QED) is 0.853. The van der Waals surface area contributed by atoms with Crippen LogP contribution in [0.4, 0.5) is 0 Å². The van der Waals surface area contributed by atoms with Crippen molar-refractivity contribution in [1.29, 1.82) is 0 Å². The third-order valence-corrected chi connectivity index (χ3v) is 3.74. The number of amides is 1. The molecule has 1 aromatic carbocycles. The summed E-state index contributed by atoms with van der Waals surface area (Å²) in [6.07, 6.45) is 1.48. The van der Waals surface area contributed by atoms with Crippen molar-refractivity contribution in [2.24, 2.45) is 0 Å². The lowest BCUT2D eigenvalue weighted by atomic mass is 9.86. The lowest BCUT2D eigenvalue weighted by molar-refractivity contribution is -0.124. The molecule has 0 radical (unpaired) electrons. The van der Waals surface area contributed by atoms with E-state index in [-0.39, 0.29) is 24.5 Å². The molecule has 1 atom stereocenters. The molecule has 0 spiro atoms. The summed E-state index contributed by atoms with van der Waals surface area (Å²) in [5.74, 6) is 0.797. The van der Waals surface area contributed by atoms with Gasteiger partial charge in [-0.3, -0.25) is 4.79 Å². The van der Waals surface area contributed by atoms with Gasteiger partial charge in [-0.05, 0) is 36.1 Å². The van der Waals surface area contributed by atoms with Crippen LogP contribution in [0.2, 0.25) is 0 Å². The molecule has 2 N–H and O–H groups in total. The van der Waals surface area contributed by atoms with Crippen LogP contribution < -0.4 is 10.1 Å². The van der Waals surface area contributed by atoms with Crippen molar-refractivity contribution >= 4 is 5.91 Å². The summed E-state index contributed by atoms with van der Waals surface area (Å²) < 4.78 is 10.8. The number of aliphatic hydroxyl groups is 1. The van der Waals surface area contributed by atoms with Gasteiger partial charge in [0, 0.05) is 0 Å². The van der Waals surface area contributed by atoms with Gasteiger partial charge in [0.2, 0.25) is 0 Å². The van der Waals surface area contributed by atoms with E-state index >= 15 is 0 Å². The summed E-state index contributed by atoms with van der Waals surface area (Å²) in [4.78, 5) is 12.0. The predicted octanol–water partition coefficient (Wildman–Crippen LogP) is 2.98. The van der Waals surface area contributed by atoms with Gasteiger partial charge < -0.3 is 19.6 Å². The number of carbonyl (C=O) groups excluding carboxylic acids is 1. The van der Waals surface area contributed by atoms with Crippen molar-refractivity contribution in [2.45, 2.75) is 38.7 Å². The van der Waals surface area contributed by atoms with Gasteiger partial charge in [0.1, 0.15) is 17.1 Å². The van der Waals surface area contributed by atoms with Crippen LogP contribution in [0, 0.1) is 0 Å². The topological polar surface area (TPSA) is 71.7 Å². The van der Waals surface area contributed by atoms with Crippen molar-refractivity contribution in [1.82, 2.24) is 5.32 Å². The minimum absolute atomic E-state index is 0.0453. The number of hydrogen-bond acceptors (Lipinski definition) is 4. The Kier molecular flexibility index (Phi) is 5.34. The first kappa shape index (κ1) is 18.1. The average Bonchev–Trinajstić information content (AvgIpc) is 3.06. The van der Waals surface area contributed by atoms with E-state index in [1.807, 2.05) is 24.3 Å². The molecule has 0 bridgehead atoms. The number of nitrogens with one attached hydrogen (secondary N) is 1. The van der Waals surface area contributed by atoms with Crippen molar-refractivity contribution in [3.05, 3.63) is 54.0 Å². The molecule has 0 saturated carbocycles. The zero-order valence-electron chi connectivity index (χ0n) is 14.6. The Morgan fingerprint density at radius 3 is 2.50 bits per heavy atom. The first-order valence-corrected chi connectivity index (χ1v) is 7.95. The van der Waals surface area contributed by atoms with Gasteiger partial charge in [-0.25, -0.2) is 0 Å². The SMILES string of the molecule is CC(C)(C)c1ccccc1OCC(=O)NCC(C)(O)c1ccco1. The van der Waals surface area contributed by atoms with E-state index < -0.39 is 5.60 Å². The molecule has 5 nitrogen and oxygen atoms in total. The number of furan rings is 1. The van der Waals surface area contributed by atoms with E-state index in [2.05, 4.69) is 26.1 Å². The second kappa shape index (κ2) is 7.09. The highest BCUT2D eigenvalue weighted by Crippen LogP contribution is 2.30. The van der Waals surface area contributed by atoms with E-state index in [0.29, 0.717) is 11.5 Å². The van der Waals surface area contributed by atoms with E-state index in [1.54, 1.807) is 19.1 Å². The molecule has 2 aromatic rings. The summed E-state index contributed by atoms with van der Waals surface area (Å²) in [5, 5.41) is 13.0. The van der Waals surface area contributed by atoms with Gasteiger partial charge in [-0.1, -0.05) is 39.0 Å². The van der Waals surface area contributed by atoms with Crippen LogP contribution in [-0.2, 0) is 15.8 Å². The smallest absolute Gasteiger partial charge is 0.258 e. The molecular weight excluding hydrogens is 306 g/mol. The summed E-state index contributed by atoms with van der Waals surface area (Å²) in [5.41, 5.74) is -0.293. The lowest BCUT2D eigenvalue weighted by Gasteiger charge is -2.23. The monoisotopic (exact) mass is 331 g/mol. The van der Waals surface area contributed by atoms with Crippen molar-refractivity contribution in [3.8, 4) is 5.75 Å². The number of ether oxygens (including phenoxy) is 1. The molecule has 1 unspecified atom stereocenters. The van der Waals surface area contributed by atoms with E-state index in [0.717, 1.165) is 5.56 Å². The molecule has 0 fully saturated rings. The van der Waals surface area contributed by atoms with E-state index in [9.17, 15) is 9.90 Å². The van der Waals surface area contributed by atoms with Crippen LogP contribution in [0.1, 0.15) is 39.0 Å². The molecule has 1 amide bonds. The average molecular weight is 331 g/mol. The highest BCUT2D eigenvalue weighted by molar-refractivity contribution is 5.77. The van der Waals surface area contributed by atoms with Gasteiger partial charge in [0.15, 0.2) is 6.61 Å². The largest absolute Gasteiger partial charge is 0.483 e. The fourth-order valence-electron chi connectivity index (χ4n) is 2.35. The van der Waals surface area contributed by atoms with Gasteiger partial charge in [-0.2, -0.15) is 0 Å². The Morgan fingerprint density at radius 1 is 1.17 bits per heavy atom. The molecule has 0 aliphatic heterocycles. The second-order valence-electron chi connectivity index (χ2n) is 7.06. The molecule has 1 heterocycles. The summed E-state index contributed by atoms with van der Waals surface area (Å²) >= 11 is 0. The Bertz CT molecular complexity index is 669. The lowest BCUT2D eigenvalue weighted by Crippen LogP contribution is -2.40. The maximum absolute atomic E-state index is 12.0. The fourth-order valence-corrected chi connectivity index (χ4v) is 2.35. The number of benzene rings is 1. The van der Waals surface area contributed by atoms with Crippen molar-refractivity contribution < 1.29 is 19.1 Å². The van der Waals surface area contributed by atoms with Crippen molar-refractivity contribution in [2.75, 3.05) is 13.2 Å². The first-order valence-electron chi connectivity index (χ1n) is 7.95. The maximum atomic E-state index is 12.0. The number of carbonyl (C=O) groups is 1. The number of para-hydroxylation sites is 1. The minimum Gasteiger partial charge on any atom is -0.483 e. The van der Waals surface area contributed by atoms with Gasteiger partial charge in [-0.15, -0.1) is 0 Å². The van der Waals surface area contributed by atoms with Crippen LogP contribution in [0.15, 0.2) is 47.1 Å². The molecule has 2 rings (SSSR count). The third-order valence-electron chi connectivity index (χ3n) is 3.74. The Balaban J connectivity index is 1.91. The van der Waals surface area contributed by atoms with Crippen LogP contribution in [0.3, 0.4) is 0 Å². The summed E-state index contributed by atoms with van der Waals surface area (Å²) in [7, 11) is 0. The molecule has 1 aromatic heterocycles. The molecule has 5 heteroatoms. The Morgan fingerprint density at radius 2 is 1.88 bits per heavy atom. The standard InChI is InChI=1S/C19H25NO4/c1-18(2,3)14-8-5-6-9-15(14)24-12-17(21)20-13-19(4,22)16-10-7-11-23-16/h5-11,22H,12-13H2,1-4H3,(H,20,21). The Labute approximate surface area is 142 Å². The zero-order valence-corrected chi connectivity index (χ0v) is 14.6. The normalized spacial score (nSPS) is 14.0. The molecule has 0 aliphatic rings. The van der Waals surface area contributed by atoms with Gasteiger partial charge in [0.25, 0.3) is 5.91 Å². The number of rotatable bonds is 6. The van der Waals surface area contributed by atoms with Crippen LogP contribution >= 0.6 is 0 Å². The maximum Gasteiger partial charge on any atom is 0.258 e. The molecule has 0 aliphatic carbocycles. The fraction of sp³-hybridized carbons (Fsp3) is 0.421. The van der Waals surface area contributed by atoms with E-state index in [4.69, 9.17) is 9.15 Å². The predicted molar refractivity (Wildman–Crippen MR) is 91.9 cm³/mol. The Hall–Kier alpha value is -2.27. The molecule has 0 saturated heterocycles. The summed E-state index contributed by atoms with van der Waals surface area (Å²) in [6, 6.07) is 11.0. The van der Waals surface area contributed by atoms with Gasteiger partial charge in [0.05, 0.1) is 12.8 Å². The summed E-state index contributed by atoms with van der Waals surface area (Å²) in [6.45, 7) is 7.80. The van der Waals surface area contributed by atoms with Crippen LogP contribution in [0.5, 0.6) is 5.75 Å². The molecule has 24 heavy (non-hydrogen) atoms. The van der Waals surface area contributed by atoms with Crippen molar-refractivity contribution in [3.63, 3.8) is 0 Å². The van der Waals surface area contributed by atoms with Crippen LogP contribution in [-0.4, -0.2) is 24.2 Å². The molecule has 130 valence electrons. The van der Waals surface area contributed by atoms with Gasteiger partial charge >= 0.3 is 0 Å².